The van der Waals surface area contributed by atoms with Gasteiger partial charge in [0.1, 0.15) is 17.5 Å². The first-order valence-corrected chi connectivity index (χ1v) is 6.16. The van der Waals surface area contributed by atoms with Crippen molar-refractivity contribution in [3.05, 3.63) is 11.9 Å². The molecule has 106 valence electrons. The summed E-state index contributed by atoms with van der Waals surface area (Å²) in [6, 6.07) is 1.77. The van der Waals surface area contributed by atoms with Crippen molar-refractivity contribution >= 4 is 17.6 Å². The summed E-state index contributed by atoms with van der Waals surface area (Å²) < 4.78 is 4.96. The van der Waals surface area contributed by atoms with Crippen LogP contribution in [0.2, 0.25) is 0 Å². The molecule has 0 unspecified atom stereocenters. The van der Waals surface area contributed by atoms with Gasteiger partial charge in [-0.05, 0) is 13.3 Å². The number of nitrogens with one attached hydrogen (secondary N) is 2. The zero-order chi connectivity index (χ0) is 14.1. The quantitative estimate of drug-likeness (QED) is 0.577. The number of aromatic nitrogens is 2. The molecule has 19 heavy (non-hydrogen) atoms. The first-order chi connectivity index (χ1) is 9.11. The first-order valence-electron chi connectivity index (χ1n) is 6.16. The fraction of sp³-hybridized carbons (Fsp3) is 0.583. The number of carboxylic acids is 1. The molecule has 1 rings (SSSR count). The second kappa shape index (κ2) is 8.25. The minimum Gasteiger partial charge on any atom is -0.481 e. The van der Waals surface area contributed by atoms with E-state index in [2.05, 4.69) is 20.6 Å². The highest BCUT2D eigenvalue weighted by Gasteiger charge is 2.02. The second-order valence-corrected chi connectivity index (χ2v) is 4.03. The van der Waals surface area contributed by atoms with Gasteiger partial charge in [-0.1, -0.05) is 0 Å². The van der Waals surface area contributed by atoms with Crippen LogP contribution in [0, 0.1) is 6.92 Å². The number of anilines is 2. The molecular formula is C12H20N4O3. The third kappa shape index (κ3) is 6.56. The molecule has 0 saturated carbocycles. The van der Waals surface area contributed by atoms with E-state index in [0.29, 0.717) is 24.8 Å². The highest BCUT2D eigenvalue weighted by molar-refractivity contribution is 5.67. The van der Waals surface area contributed by atoms with Gasteiger partial charge in [0.15, 0.2) is 0 Å². The number of ether oxygens (including phenoxy) is 1. The number of rotatable bonds is 9. The lowest BCUT2D eigenvalue weighted by atomic mass is 10.4. The number of aryl methyl sites for hydroxylation is 1. The number of hydrogen-bond donors (Lipinski definition) is 3. The Balaban J connectivity index is 2.48. The lowest BCUT2D eigenvalue weighted by Crippen LogP contribution is -2.11. The van der Waals surface area contributed by atoms with Crippen LogP contribution < -0.4 is 10.6 Å². The van der Waals surface area contributed by atoms with Crippen molar-refractivity contribution in [3.8, 4) is 0 Å². The van der Waals surface area contributed by atoms with E-state index in [4.69, 9.17) is 9.84 Å². The van der Waals surface area contributed by atoms with Crippen molar-refractivity contribution < 1.29 is 14.6 Å². The fourth-order valence-corrected chi connectivity index (χ4v) is 1.48. The van der Waals surface area contributed by atoms with Crippen LogP contribution in [-0.2, 0) is 9.53 Å². The standard InChI is InChI=1S/C12H20N4O3/c1-9-15-10(13-5-3-7-19-2)8-11(16-9)14-6-4-12(17)18/h8H,3-7H2,1-2H3,(H,17,18)(H2,13,14,15,16). The molecular weight excluding hydrogens is 248 g/mol. The molecule has 0 spiro atoms. The summed E-state index contributed by atoms with van der Waals surface area (Å²) in [5.74, 6) is 1.15. The van der Waals surface area contributed by atoms with E-state index in [1.54, 1.807) is 20.1 Å². The molecule has 7 nitrogen and oxygen atoms in total. The molecule has 0 amide bonds. The van der Waals surface area contributed by atoms with Gasteiger partial charge in [0.25, 0.3) is 0 Å². The third-order valence-electron chi connectivity index (χ3n) is 2.31. The number of carboxylic acid groups (broad SMARTS) is 1. The van der Waals surface area contributed by atoms with Crippen molar-refractivity contribution in [2.45, 2.75) is 19.8 Å². The number of methoxy groups -OCH3 is 1. The molecule has 0 aromatic carbocycles. The van der Waals surface area contributed by atoms with Gasteiger partial charge in [-0.3, -0.25) is 4.79 Å². The Labute approximate surface area is 112 Å². The zero-order valence-corrected chi connectivity index (χ0v) is 11.3. The van der Waals surface area contributed by atoms with Crippen molar-refractivity contribution in [1.82, 2.24) is 9.97 Å². The van der Waals surface area contributed by atoms with E-state index in [9.17, 15) is 4.79 Å². The molecule has 0 aliphatic rings. The molecule has 0 aliphatic carbocycles. The van der Waals surface area contributed by atoms with Crippen LogP contribution in [0.15, 0.2) is 6.07 Å². The molecule has 1 heterocycles. The molecule has 0 fully saturated rings. The van der Waals surface area contributed by atoms with E-state index < -0.39 is 5.97 Å². The van der Waals surface area contributed by atoms with Gasteiger partial charge in [-0.2, -0.15) is 0 Å². The summed E-state index contributed by atoms with van der Waals surface area (Å²) in [6.07, 6.45) is 0.945. The SMILES string of the molecule is COCCCNc1cc(NCCC(=O)O)nc(C)n1. The van der Waals surface area contributed by atoms with E-state index in [1.807, 2.05) is 0 Å². The first kappa shape index (κ1) is 15.2. The van der Waals surface area contributed by atoms with Gasteiger partial charge >= 0.3 is 5.97 Å². The highest BCUT2D eigenvalue weighted by atomic mass is 16.5. The molecule has 0 aliphatic heterocycles. The number of aliphatic carboxylic acids is 1. The van der Waals surface area contributed by atoms with Crippen LogP contribution in [0.3, 0.4) is 0 Å². The van der Waals surface area contributed by atoms with Gasteiger partial charge in [0.2, 0.25) is 0 Å². The van der Waals surface area contributed by atoms with Gasteiger partial charge in [0.05, 0.1) is 6.42 Å². The maximum absolute atomic E-state index is 10.4. The predicted octanol–water partition coefficient (Wildman–Crippen LogP) is 1.12. The second-order valence-electron chi connectivity index (χ2n) is 4.03. The maximum Gasteiger partial charge on any atom is 0.305 e. The average molecular weight is 268 g/mol. The lowest BCUT2D eigenvalue weighted by Gasteiger charge is -2.09. The molecule has 0 atom stereocenters. The van der Waals surface area contributed by atoms with Crippen LogP contribution in [0.4, 0.5) is 11.6 Å². The summed E-state index contributed by atoms with van der Waals surface area (Å²) in [4.78, 5) is 18.9. The zero-order valence-electron chi connectivity index (χ0n) is 11.3. The van der Waals surface area contributed by atoms with E-state index >= 15 is 0 Å². The smallest absolute Gasteiger partial charge is 0.305 e. The van der Waals surface area contributed by atoms with Gasteiger partial charge < -0.3 is 20.5 Å². The summed E-state index contributed by atoms with van der Waals surface area (Å²) in [5.41, 5.74) is 0. The van der Waals surface area contributed by atoms with Crippen molar-refractivity contribution in [1.29, 1.82) is 0 Å². The molecule has 1 aromatic rings. The topological polar surface area (TPSA) is 96.4 Å². The molecule has 0 saturated heterocycles. The van der Waals surface area contributed by atoms with E-state index in [0.717, 1.165) is 18.8 Å². The Bertz CT molecular complexity index is 412. The van der Waals surface area contributed by atoms with E-state index in [1.165, 1.54) is 0 Å². The lowest BCUT2D eigenvalue weighted by molar-refractivity contribution is -0.136. The number of hydrogen-bond acceptors (Lipinski definition) is 6. The van der Waals surface area contributed by atoms with Crippen molar-refractivity contribution in [2.24, 2.45) is 0 Å². The third-order valence-corrected chi connectivity index (χ3v) is 2.31. The van der Waals surface area contributed by atoms with Crippen LogP contribution in [-0.4, -0.2) is 47.8 Å². The predicted molar refractivity (Wildman–Crippen MR) is 72.5 cm³/mol. The van der Waals surface area contributed by atoms with Gasteiger partial charge in [0, 0.05) is 32.9 Å². The summed E-state index contributed by atoms with van der Waals surface area (Å²) in [5, 5.41) is 14.7. The van der Waals surface area contributed by atoms with Gasteiger partial charge in [-0.15, -0.1) is 0 Å². The van der Waals surface area contributed by atoms with Crippen LogP contribution in [0.5, 0.6) is 0 Å². The summed E-state index contributed by atoms with van der Waals surface area (Å²) in [7, 11) is 1.67. The minimum atomic E-state index is -0.837. The van der Waals surface area contributed by atoms with Crippen LogP contribution >= 0.6 is 0 Å². The average Bonchev–Trinajstić information content (AvgIpc) is 2.34. The fourth-order valence-electron chi connectivity index (χ4n) is 1.48. The Morgan fingerprint density at radius 3 is 2.53 bits per heavy atom. The van der Waals surface area contributed by atoms with Crippen molar-refractivity contribution in [3.63, 3.8) is 0 Å². The Morgan fingerprint density at radius 1 is 1.32 bits per heavy atom. The van der Waals surface area contributed by atoms with Crippen LogP contribution in [0.1, 0.15) is 18.7 Å². The Morgan fingerprint density at radius 2 is 1.95 bits per heavy atom. The number of carbonyl (C=O) groups is 1. The maximum atomic E-state index is 10.4. The largest absolute Gasteiger partial charge is 0.481 e. The minimum absolute atomic E-state index is 0.0552. The summed E-state index contributed by atoms with van der Waals surface area (Å²) >= 11 is 0. The molecule has 0 radical (unpaired) electrons. The van der Waals surface area contributed by atoms with E-state index in [-0.39, 0.29) is 6.42 Å². The molecule has 0 bridgehead atoms. The highest BCUT2D eigenvalue weighted by Crippen LogP contribution is 2.11. The summed E-state index contributed by atoms with van der Waals surface area (Å²) in [6.45, 7) is 3.59. The monoisotopic (exact) mass is 268 g/mol. The van der Waals surface area contributed by atoms with Crippen molar-refractivity contribution in [2.75, 3.05) is 37.4 Å². The molecule has 3 N–H and O–H groups in total. The molecule has 1 aromatic heterocycles. The molecule has 7 heteroatoms. The Hall–Kier alpha value is -1.89. The van der Waals surface area contributed by atoms with Crippen LogP contribution in [0.25, 0.3) is 0 Å². The number of nitrogens with zero attached hydrogens (tertiary/aromatic N) is 2. The normalized spacial score (nSPS) is 10.2. The van der Waals surface area contributed by atoms with Gasteiger partial charge in [-0.25, -0.2) is 9.97 Å². The Kier molecular flexibility index (Phi) is 6.59.